The molecule has 23 heavy (non-hydrogen) atoms. The fourth-order valence-corrected chi connectivity index (χ4v) is 2.42. The van der Waals surface area contributed by atoms with E-state index in [1.807, 2.05) is 26.0 Å². The third-order valence-electron chi connectivity index (χ3n) is 3.80. The molecule has 3 rings (SSSR count). The van der Waals surface area contributed by atoms with Crippen molar-refractivity contribution in [2.75, 3.05) is 5.32 Å². The van der Waals surface area contributed by atoms with Crippen LogP contribution in [0.2, 0.25) is 0 Å². The molecule has 120 valence electrons. The Morgan fingerprint density at radius 1 is 1.35 bits per heavy atom. The number of rotatable bonds is 4. The first kappa shape index (κ1) is 15.3. The number of aromatic nitrogens is 1. The fourth-order valence-electron chi connectivity index (χ4n) is 2.42. The number of nitrogens with zero attached hydrogens (tertiary/aromatic N) is 1. The average Bonchev–Trinajstić information content (AvgIpc) is 3.17. The Labute approximate surface area is 134 Å². The maximum Gasteiger partial charge on any atom is 0.246 e. The van der Waals surface area contributed by atoms with E-state index in [-0.39, 0.29) is 17.7 Å². The quantitative estimate of drug-likeness (QED) is 0.909. The van der Waals surface area contributed by atoms with Crippen molar-refractivity contribution in [3.63, 3.8) is 0 Å². The lowest BCUT2D eigenvalue weighted by Gasteiger charge is -2.11. The van der Waals surface area contributed by atoms with Crippen molar-refractivity contribution >= 4 is 17.5 Å². The van der Waals surface area contributed by atoms with Gasteiger partial charge in [0.2, 0.25) is 17.7 Å². The highest BCUT2D eigenvalue weighted by atomic mass is 16.4. The van der Waals surface area contributed by atoms with Gasteiger partial charge in [0, 0.05) is 23.6 Å². The van der Waals surface area contributed by atoms with E-state index >= 15 is 0 Å². The van der Waals surface area contributed by atoms with E-state index in [4.69, 9.17) is 4.42 Å². The molecule has 0 radical (unpaired) electrons. The number of hydrogen-bond acceptors (Lipinski definition) is 4. The summed E-state index contributed by atoms with van der Waals surface area (Å²) in [6.07, 6.45) is 2.68. The van der Waals surface area contributed by atoms with Crippen LogP contribution >= 0.6 is 0 Å². The van der Waals surface area contributed by atoms with E-state index in [2.05, 4.69) is 15.6 Å². The van der Waals surface area contributed by atoms with Crippen molar-refractivity contribution in [2.45, 2.75) is 38.6 Å². The maximum absolute atomic E-state index is 12.0. The van der Waals surface area contributed by atoms with Gasteiger partial charge >= 0.3 is 0 Å². The molecule has 0 spiro atoms. The van der Waals surface area contributed by atoms with E-state index in [9.17, 15) is 9.59 Å². The first-order valence-electron chi connectivity index (χ1n) is 7.69. The van der Waals surface area contributed by atoms with Crippen molar-refractivity contribution in [3.8, 4) is 11.5 Å². The van der Waals surface area contributed by atoms with Gasteiger partial charge in [-0.3, -0.25) is 9.59 Å². The number of amides is 2. The van der Waals surface area contributed by atoms with Gasteiger partial charge in [0.25, 0.3) is 0 Å². The number of oxazole rings is 1. The van der Waals surface area contributed by atoms with Crippen LogP contribution in [-0.4, -0.2) is 22.8 Å². The normalized spacial score (nSPS) is 17.3. The molecule has 0 saturated carbocycles. The van der Waals surface area contributed by atoms with Crippen LogP contribution in [0.4, 0.5) is 5.69 Å². The highest BCUT2D eigenvalue weighted by Crippen LogP contribution is 2.24. The summed E-state index contributed by atoms with van der Waals surface area (Å²) in [7, 11) is 0. The van der Waals surface area contributed by atoms with Gasteiger partial charge in [-0.25, -0.2) is 4.98 Å². The summed E-state index contributed by atoms with van der Waals surface area (Å²) in [5, 5.41) is 5.45. The Morgan fingerprint density at radius 2 is 2.09 bits per heavy atom. The summed E-state index contributed by atoms with van der Waals surface area (Å²) in [5.74, 6) is 1.42. The lowest BCUT2D eigenvalue weighted by Crippen LogP contribution is -2.37. The summed E-state index contributed by atoms with van der Waals surface area (Å²) in [6, 6.07) is 6.84. The van der Waals surface area contributed by atoms with Gasteiger partial charge in [-0.1, -0.05) is 13.8 Å². The highest BCUT2D eigenvalue weighted by Gasteiger charge is 2.27. The SMILES string of the molecule is CC(C)c1cnc(-c2ccc(NC(=O)C3CCC(=O)N3)cc2)o1. The van der Waals surface area contributed by atoms with Crippen LogP contribution < -0.4 is 10.6 Å². The Balaban J connectivity index is 1.67. The molecule has 0 bridgehead atoms. The number of carbonyl (C=O) groups excluding carboxylic acids is 2. The van der Waals surface area contributed by atoms with E-state index < -0.39 is 6.04 Å². The van der Waals surface area contributed by atoms with Crippen LogP contribution in [0.15, 0.2) is 34.9 Å². The molecule has 2 N–H and O–H groups in total. The first-order valence-corrected chi connectivity index (χ1v) is 7.69. The van der Waals surface area contributed by atoms with Crippen molar-refractivity contribution in [1.82, 2.24) is 10.3 Å². The van der Waals surface area contributed by atoms with Crippen molar-refractivity contribution in [1.29, 1.82) is 0 Å². The Bertz CT molecular complexity index is 719. The number of benzene rings is 1. The van der Waals surface area contributed by atoms with Gasteiger partial charge < -0.3 is 15.1 Å². The largest absolute Gasteiger partial charge is 0.441 e. The summed E-state index contributed by atoms with van der Waals surface area (Å²) < 4.78 is 5.70. The predicted molar refractivity (Wildman–Crippen MR) is 85.8 cm³/mol. The second kappa shape index (κ2) is 6.24. The molecule has 1 aromatic heterocycles. The minimum atomic E-state index is -0.442. The smallest absolute Gasteiger partial charge is 0.246 e. The molecule has 0 aliphatic carbocycles. The molecule has 1 aromatic carbocycles. The topological polar surface area (TPSA) is 84.2 Å². The summed E-state index contributed by atoms with van der Waals surface area (Å²) in [4.78, 5) is 27.5. The van der Waals surface area contributed by atoms with Gasteiger partial charge in [-0.05, 0) is 30.7 Å². The van der Waals surface area contributed by atoms with Gasteiger partial charge in [-0.2, -0.15) is 0 Å². The molecule has 1 saturated heterocycles. The second-order valence-corrected chi connectivity index (χ2v) is 5.95. The minimum absolute atomic E-state index is 0.0784. The molecule has 6 nitrogen and oxygen atoms in total. The molecular weight excluding hydrogens is 294 g/mol. The van der Waals surface area contributed by atoms with Crippen LogP contribution in [0.25, 0.3) is 11.5 Å². The second-order valence-electron chi connectivity index (χ2n) is 5.95. The Morgan fingerprint density at radius 3 is 2.65 bits per heavy atom. The maximum atomic E-state index is 12.0. The highest BCUT2D eigenvalue weighted by molar-refractivity contribution is 5.99. The molecule has 2 amide bonds. The number of hydrogen-bond donors (Lipinski definition) is 2. The zero-order chi connectivity index (χ0) is 16.4. The predicted octanol–water partition coefficient (Wildman–Crippen LogP) is 2.68. The van der Waals surface area contributed by atoms with E-state index in [0.29, 0.717) is 24.4 Å². The summed E-state index contributed by atoms with van der Waals surface area (Å²) in [5.41, 5.74) is 1.53. The number of anilines is 1. The molecule has 1 aliphatic rings. The Kier molecular flexibility index (Phi) is 4.14. The van der Waals surface area contributed by atoms with Crippen LogP contribution in [0.3, 0.4) is 0 Å². The monoisotopic (exact) mass is 313 g/mol. The molecule has 1 fully saturated rings. The van der Waals surface area contributed by atoms with E-state index in [1.165, 1.54) is 0 Å². The molecular formula is C17H19N3O3. The molecule has 2 heterocycles. The first-order chi connectivity index (χ1) is 11.0. The summed E-state index contributed by atoms with van der Waals surface area (Å²) in [6.45, 7) is 4.09. The van der Waals surface area contributed by atoms with Crippen molar-refractivity contribution in [3.05, 3.63) is 36.2 Å². The lowest BCUT2D eigenvalue weighted by molar-refractivity contribution is -0.122. The third kappa shape index (κ3) is 3.41. The summed E-state index contributed by atoms with van der Waals surface area (Å²) >= 11 is 0. The molecule has 1 atom stereocenters. The van der Waals surface area contributed by atoms with Crippen LogP contribution in [0.1, 0.15) is 38.4 Å². The van der Waals surface area contributed by atoms with E-state index in [1.54, 1.807) is 18.3 Å². The number of carbonyl (C=O) groups is 2. The molecule has 1 unspecified atom stereocenters. The average molecular weight is 313 g/mol. The Hall–Kier alpha value is -2.63. The molecule has 6 heteroatoms. The zero-order valence-corrected chi connectivity index (χ0v) is 13.1. The lowest BCUT2D eigenvalue weighted by atomic mass is 10.2. The van der Waals surface area contributed by atoms with Crippen LogP contribution in [-0.2, 0) is 9.59 Å². The number of nitrogens with one attached hydrogen (secondary N) is 2. The fraction of sp³-hybridized carbons (Fsp3) is 0.353. The zero-order valence-electron chi connectivity index (χ0n) is 13.1. The third-order valence-corrected chi connectivity index (χ3v) is 3.80. The molecule has 2 aromatic rings. The van der Waals surface area contributed by atoms with E-state index in [0.717, 1.165) is 11.3 Å². The van der Waals surface area contributed by atoms with Crippen LogP contribution in [0.5, 0.6) is 0 Å². The van der Waals surface area contributed by atoms with Gasteiger partial charge in [0.05, 0.1) is 6.20 Å². The minimum Gasteiger partial charge on any atom is -0.441 e. The standard InChI is InChI=1S/C17H19N3O3/c1-10(2)14-9-18-17(23-14)11-3-5-12(6-4-11)19-16(22)13-7-8-15(21)20-13/h3-6,9-10,13H,7-8H2,1-2H3,(H,19,22)(H,20,21). The van der Waals surface area contributed by atoms with Crippen molar-refractivity contribution < 1.29 is 14.0 Å². The van der Waals surface area contributed by atoms with Gasteiger partial charge in [0.1, 0.15) is 11.8 Å². The van der Waals surface area contributed by atoms with Gasteiger partial charge in [0.15, 0.2) is 0 Å². The van der Waals surface area contributed by atoms with Gasteiger partial charge in [-0.15, -0.1) is 0 Å². The van der Waals surface area contributed by atoms with Crippen LogP contribution in [0, 0.1) is 0 Å². The van der Waals surface area contributed by atoms with Crippen molar-refractivity contribution in [2.24, 2.45) is 0 Å². The molecule has 1 aliphatic heterocycles.